The van der Waals surface area contributed by atoms with Crippen LogP contribution in [0.5, 0.6) is 0 Å². The molecule has 1 aliphatic heterocycles. The van der Waals surface area contributed by atoms with E-state index in [2.05, 4.69) is 15.3 Å². The van der Waals surface area contributed by atoms with Crippen LogP contribution in [0.2, 0.25) is 0 Å². The van der Waals surface area contributed by atoms with E-state index in [-0.39, 0.29) is 0 Å². The lowest BCUT2D eigenvalue weighted by Crippen LogP contribution is -2.52. The summed E-state index contributed by atoms with van der Waals surface area (Å²) in [5.41, 5.74) is 4.32. The largest absolute Gasteiger partial charge is 0.372 e. The Balaban J connectivity index is 1.97. The summed E-state index contributed by atoms with van der Waals surface area (Å²) in [5.74, 6) is 4.60. The normalized spacial score (nSPS) is 17.9. The van der Waals surface area contributed by atoms with E-state index in [4.69, 9.17) is 5.90 Å². The maximum atomic E-state index is 11.8. The van der Waals surface area contributed by atoms with E-state index in [1.807, 2.05) is 30.3 Å². The molecule has 0 bridgehead atoms. The van der Waals surface area contributed by atoms with Crippen LogP contribution in [0.1, 0.15) is 24.8 Å². The summed E-state index contributed by atoms with van der Waals surface area (Å²) < 4.78 is 0. The Morgan fingerprint density at radius 1 is 1.26 bits per heavy atom. The molecule has 1 atom stereocenters. The van der Waals surface area contributed by atoms with Gasteiger partial charge in [0.2, 0.25) is 0 Å². The van der Waals surface area contributed by atoms with Crippen molar-refractivity contribution in [3.63, 3.8) is 0 Å². The average molecular weight is 263 g/mol. The first-order valence-corrected chi connectivity index (χ1v) is 6.75. The highest BCUT2D eigenvalue weighted by Crippen LogP contribution is 2.09. The predicted octanol–water partition coefficient (Wildman–Crippen LogP) is 1.01. The van der Waals surface area contributed by atoms with Gasteiger partial charge in [-0.25, -0.2) is 15.2 Å². The molecule has 2 rings (SSSR count). The molecule has 0 amide bonds. The first-order valence-electron chi connectivity index (χ1n) is 6.75. The van der Waals surface area contributed by atoms with E-state index in [1.165, 1.54) is 6.42 Å². The van der Waals surface area contributed by atoms with Crippen molar-refractivity contribution < 1.29 is 9.63 Å². The van der Waals surface area contributed by atoms with Gasteiger partial charge >= 0.3 is 5.97 Å². The number of hydrogen-bond donors (Lipinski definition) is 2. The van der Waals surface area contributed by atoms with E-state index in [0.717, 1.165) is 31.5 Å². The summed E-state index contributed by atoms with van der Waals surface area (Å²) >= 11 is 0. The lowest BCUT2D eigenvalue weighted by molar-refractivity contribution is -0.148. The number of benzene rings is 1. The molecule has 19 heavy (non-hydrogen) atoms. The molecule has 1 aliphatic rings. The van der Waals surface area contributed by atoms with Gasteiger partial charge in [0.05, 0.1) is 0 Å². The van der Waals surface area contributed by atoms with Crippen molar-refractivity contribution in [2.75, 3.05) is 13.1 Å². The highest BCUT2D eigenvalue weighted by atomic mass is 16.7. The molecule has 0 radical (unpaired) electrons. The standard InChI is InChI=1S/C14H21N3O2/c15-19-14(18)13(11-12-7-3-1-4-8-12)16-17-9-5-2-6-10-17/h1,3-4,7-8,13,16H,2,5-6,9-11,15H2/t13-/m0/s1. The third kappa shape index (κ3) is 4.31. The quantitative estimate of drug-likeness (QED) is 0.776. The summed E-state index contributed by atoms with van der Waals surface area (Å²) in [7, 11) is 0. The molecule has 104 valence electrons. The minimum Gasteiger partial charge on any atom is -0.372 e. The van der Waals surface area contributed by atoms with Crippen molar-refractivity contribution in [3.05, 3.63) is 35.9 Å². The second kappa shape index (κ2) is 7.23. The number of carbonyl (C=O) groups is 1. The monoisotopic (exact) mass is 263 g/mol. The second-order valence-electron chi connectivity index (χ2n) is 4.86. The Morgan fingerprint density at radius 3 is 2.58 bits per heavy atom. The van der Waals surface area contributed by atoms with Gasteiger partial charge in [0.25, 0.3) is 0 Å². The third-order valence-electron chi connectivity index (χ3n) is 3.38. The summed E-state index contributed by atoms with van der Waals surface area (Å²) in [6, 6.07) is 9.44. The molecule has 1 aromatic carbocycles. The number of nitrogens with two attached hydrogens (primary N) is 1. The van der Waals surface area contributed by atoms with Crippen LogP contribution in [0.25, 0.3) is 0 Å². The van der Waals surface area contributed by atoms with E-state index < -0.39 is 12.0 Å². The summed E-state index contributed by atoms with van der Waals surface area (Å²) in [5, 5.41) is 2.09. The number of carbonyl (C=O) groups excluding carboxylic acids is 1. The maximum Gasteiger partial charge on any atom is 0.343 e. The molecule has 0 aromatic heterocycles. The molecule has 0 spiro atoms. The number of nitrogens with one attached hydrogen (secondary N) is 1. The minimum atomic E-state index is -0.425. The molecule has 0 unspecified atom stereocenters. The van der Waals surface area contributed by atoms with Gasteiger partial charge in [-0.15, -0.1) is 0 Å². The number of hydrogen-bond acceptors (Lipinski definition) is 5. The Hall–Kier alpha value is -1.43. The summed E-state index contributed by atoms with van der Waals surface area (Å²) in [6.45, 7) is 1.92. The number of nitrogens with zero attached hydrogens (tertiary/aromatic N) is 1. The first-order chi connectivity index (χ1) is 9.29. The Kier molecular flexibility index (Phi) is 5.32. The van der Waals surface area contributed by atoms with Crippen molar-refractivity contribution >= 4 is 5.97 Å². The van der Waals surface area contributed by atoms with Gasteiger partial charge in [0.1, 0.15) is 6.04 Å². The lowest BCUT2D eigenvalue weighted by Gasteiger charge is -2.30. The van der Waals surface area contributed by atoms with Gasteiger partial charge in [-0.2, -0.15) is 5.90 Å². The maximum absolute atomic E-state index is 11.8. The van der Waals surface area contributed by atoms with Crippen LogP contribution in [-0.4, -0.2) is 30.1 Å². The van der Waals surface area contributed by atoms with Gasteiger partial charge < -0.3 is 4.84 Å². The lowest BCUT2D eigenvalue weighted by atomic mass is 10.1. The van der Waals surface area contributed by atoms with E-state index >= 15 is 0 Å². The molecule has 1 saturated heterocycles. The molecule has 5 nitrogen and oxygen atoms in total. The number of hydrazine groups is 1. The summed E-state index contributed by atoms with van der Waals surface area (Å²) in [4.78, 5) is 16.2. The smallest absolute Gasteiger partial charge is 0.343 e. The zero-order valence-electron chi connectivity index (χ0n) is 11.0. The molecule has 0 saturated carbocycles. The Labute approximate surface area is 113 Å². The highest BCUT2D eigenvalue weighted by molar-refractivity contribution is 5.75. The Bertz CT molecular complexity index is 391. The third-order valence-corrected chi connectivity index (χ3v) is 3.38. The highest BCUT2D eigenvalue weighted by Gasteiger charge is 2.23. The fourth-order valence-corrected chi connectivity index (χ4v) is 2.36. The van der Waals surface area contributed by atoms with Gasteiger partial charge in [-0.05, 0) is 24.8 Å². The first kappa shape index (κ1) is 14.0. The topological polar surface area (TPSA) is 67.6 Å². The van der Waals surface area contributed by atoms with Crippen LogP contribution in [0, 0.1) is 0 Å². The molecule has 3 N–H and O–H groups in total. The average Bonchev–Trinajstić information content (AvgIpc) is 2.48. The molecule has 5 heteroatoms. The molecular weight excluding hydrogens is 242 g/mol. The van der Waals surface area contributed by atoms with Crippen LogP contribution in [0.3, 0.4) is 0 Å². The predicted molar refractivity (Wildman–Crippen MR) is 72.8 cm³/mol. The molecule has 0 aliphatic carbocycles. The van der Waals surface area contributed by atoms with E-state index in [9.17, 15) is 4.79 Å². The molecular formula is C14H21N3O2. The molecule has 1 heterocycles. The van der Waals surface area contributed by atoms with Crippen LogP contribution in [0.15, 0.2) is 30.3 Å². The van der Waals surface area contributed by atoms with Crippen LogP contribution < -0.4 is 11.3 Å². The van der Waals surface area contributed by atoms with Gasteiger partial charge in [0, 0.05) is 13.1 Å². The van der Waals surface area contributed by atoms with Crippen LogP contribution in [-0.2, 0) is 16.1 Å². The minimum absolute atomic E-state index is 0.422. The van der Waals surface area contributed by atoms with Crippen LogP contribution >= 0.6 is 0 Å². The van der Waals surface area contributed by atoms with Gasteiger partial charge in [-0.1, -0.05) is 36.8 Å². The van der Waals surface area contributed by atoms with Gasteiger partial charge in [-0.3, -0.25) is 0 Å². The van der Waals surface area contributed by atoms with E-state index in [0.29, 0.717) is 6.42 Å². The van der Waals surface area contributed by atoms with Crippen molar-refractivity contribution in [1.29, 1.82) is 0 Å². The fourth-order valence-electron chi connectivity index (χ4n) is 2.36. The molecule has 1 fully saturated rings. The fraction of sp³-hybridized carbons (Fsp3) is 0.500. The van der Waals surface area contributed by atoms with Crippen molar-refractivity contribution in [2.45, 2.75) is 31.7 Å². The zero-order chi connectivity index (χ0) is 13.5. The number of piperidine rings is 1. The van der Waals surface area contributed by atoms with Crippen molar-refractivity contribution in [2.24, 2.45) is 5.90 Å². The Morgan fingerprint density at radius 2 is 1.95 bits per heavy atom. The van der Waals surface area contributed by atoms with Gasteiger partial charge in [0.15, 0.2) is 0 Å². The van der Waals surface area contributed by atoms with E-state index in [1.54, 1.807) is 0 Å². The summed E-state index contributed by atoms with van der Waals surface area (Å²) in [6.07, 6.45) is 4.14. The zero-order valence-corrected chi connectivity index (χ0v) is 11.0. The van der Waals surface area contributed by atoms with Crippen molar-refractivity contribution in [3.8, 4) is 0 Å². The van der Waals surface area contributed by atoms with Crippen LogP contribution in [0.4, 0.5) is 0 Å². The molecule has 1 aromatic rings. The second-order valence-corrected chi connectivity index (χ2v) is 4.86. The van der Waals surface area contributed by atoms with Crippen molar-refractivity contribution in [1.82, 2.24) is 10.4 Å². The SMILES string of the molecule is NOC(=O)[C@H](Cc1ccccc1)NN1CCCCC1. The number of rotatable bonds is 5.